The highest BCUT2D eigenvalue weighted by atomic mass is 32.1. The Kier molecular flexibility index (Phi) is 4.22. The number of carbonyl (C=O) groups is 2. The van der Waals surface area contributed by atoms with Crippen LogP contribution >= 0.6 is 11.3 Å². The second-order valence-corrected chi connectivity index (χ2v) is 7.50. The van der Waals surface area contributed by atoms with Crippen LogP contribution in [0.15, 0.2) is 70.7 Å². The van der Waals surface area contributed by atoms with Crippen LogP contribution in [0.2, 0.25) is 0 Å². The summed E-state index contributed by atoms with van der Waals surface area (Å²) in [6.07, 6.45) is 1.87. The standard InChI is InChI=1S/C22H15N3O3S/c26-20-11-15-10-14(5-8-17(15)24-20)18-12-29-22(25-18)13-3-6-16(7-4-13)23-21(27)19-2-1-9-28-19/h1-10,12H,11H2,(H,23,27)(H,24,26). The van der Waals surface area contributed by atoms with Gasteiger partial charge in [-0.15, -0.1) is 11.3 Å². The Balaban J connectivity index is 1.34. The van der Waals surface area contributed by atoms with E-state index in [9.17, 15) is 9.59 Å². The first kappa shape index (κ1) is 17.4. The molecule has 0 saturated heterocycles. The van der Waals surface area contributed by atoms with Crippen molar-refractivity contribution in [3.8, 4) is 21.8 Å². The van der Waals surface area contributed by atoms with E-state index in [0.717, 1.165) is 33.1 Å². The number of nitrogens with zero attached hydrogens (tertiary/aromatic N) is 1. The maximum absolute atomic E-state index is 12.1. The molecule has 2 N–H and O–H groups in total. The molecule has 0 radical (unpaired) electrons. The summed E-state index contributed by atoms with van der Waals surface area (Å²) in [5.74, 6) is 0.00380. The Hall–Kier alpha value is -3.71. The van der Waals surface area contributed by atoms with E-state index in [1.807, 2.05) is 47.8 Å². The Morgan fingerprint density at radius 3 is 2.72 bits per heavy atom. The number of thiazole rings is 1. The number of furan rings is 1. The van der Waals surface area contributed by atoms with Crippen molar-refractivity contribution in [1.29, 1.82) is 0 Å². The molecule has 7 heteroatoms. The highest BCUT2D eigenvalue weighted by Gasteiger charge is 2.18. The van der Waals surface area contributed by atoms with Gasteiger partial charge in [0.25, 0.3) is 5.91 Å². The van der Waals surface area contributed by atoms with Crippen LogP contribution in [0.1, 0.15) is 16.1 Å². The van der Waals surface area contributed by atoms with Gasteiger partial charge in [-0.2, -0.15) is 0 Å². The van der Waals surface area contributed by atoms with Gasteiger partial charge in [-0.25, -0.2) is 4.98 Å². The number of fused-ring (bicyclic) bond motifs is 1. The van der Waals surface area contributed by atoms with E-state index in [-0.39, 0.29) is 17.6 Å². The summed E-state index contributed by atoms with van der Waals surface area (Å²) < 4.78 is 5.10. The SMILES string of the molecule is O=C1Cc2cc(-c3csc(-c4ccc(NC(=O)c5ccco5)cc4)n3)ccc2N1. The molecule has 0 atom stereocenters. The summed E-state index contributed by atoms with van der Waals surface area (Å²) in [6, 6.07) is 16.7. The minimum absolute atomic E-state index is 0.0235. The summed E-state index contributed by atoms with van der Waals surface area (Å²) in [4.78, 5) is 28.3. The molecule has 0 unspecified atom stereocenters. The number of carbonyl (C=O) groups excluding carboxylic acids is 2. The third-order valence-electron chi connectivity index (χ3n) is 4.66. The lowest BCUT2D eigenvalue weighted by Gasteiger charge is -2.04. The zero-order valence-electron chi connectivity index (χ0n) is 15.1. The van der Waals surface area contributed by atoms with Crippen LogP contribution in [0.3, 0.4) is 0 Å². The molecular formula is C22H15N3O3S. The molecule has 0 bridgehead atoms. The van der Waals surface area contributed by atoms with Crippen molar-refractivity contribution in [3.05, 3.63) is 77.6 Å². The molecule has 6 nitrogen and oxygen atoms in total. The first-order valence-corrected chi connectivity index (χ1v) is 9.88. The average molecular weight is 401 g/mol. The Bertz CT molecular complexity index is 1210. The number of nitrogens with one attached hydrogen (secondary N) is 2. The second kappa shape index (κ2) is 7.03. The largest absolute Gasteiger partial charge is 0.459 e. The molecule has 0 spiro atoms. The third-order valence-corrected chi connectivity index (χ3v) is 5.56. The topological polar surface area (TPSA) is 84.2 Å². The molecule has 4 aromatic rings. The highest BCUT2D eigenvalue weighted by molar-refractivity contribution is 7.13. The molecule has 1 aliphatic heterocycles. The van der Waals surface area contributed by atoms with Gasteiger partial charge >= 0.3 is 0 Å². The van der Waals surface area contributed by atoms with Gasteiger partial charge in [-0.1, -0.05) is 6.07 Å². The summed E-state index contributed by atoms with van der Waals surface area (Å²) in [5, 5.41) is 8.54. The van der Waals surface area contributed by atoms with Gasteiger partial charge in [0.2, 0.25) is 5.91 Å². The number of hydrogen-bond acceptors (Lipinski definition) is 5. The fraction of sp³-hybridized carbons (Fsp3) is 0.0455. The molecular weight excluding hydrogens is 386 g/mol. The van der Waals surface area contributed by atoms with Gasteiger partial charge < -0.3 is 15.1 Å². The molecule has 0 aliphatic carbocycles. The second-order valence-electron chi connectivity index (χ2n) is 6.64. The van der Waals surface area contributed by atoms with E-state index in [2.05, 4.69) is 10.6 Å². The monoisotopic (exact) mass is 401 g/mol. The normalized spacial score (nSPS) is 12.5. The Labute approximate surface area is 170 Å². The summed E-state index contributed by atoms with van der Waals surface area (Å²) in [6.45, 7) is 0. The van der Waals surface area contributed by atoms with Crippen LogP contribution < -0.4 is 10.6 Å². The first-order valence-electron chi connectivity index (χ1n) is 9.00. The lowest BCUT2D eigenvalue weighted by Crippen LogP contribution is -2.10. The summed E-state index contributed by atoms with van der Waals surface area (Å²) in [5.41, 5.74) is 5.39. The molecule has 2 amide bonds. The minimum atomic E-state index is -0.288. The van der Waals surface area contributed by atoms with Gasteiger partial charge in [-0.05, 0) is 54.1 Å². The summed E-state index contributed by atoms with van der Waals surface area (Å²) in [7, 11) is 0. The number of anilines is 2. The lowest BCUT2D eigenvalue weighted by atomic mass is 10.1. The van der Waals surface area contributed by atoms with Crippen LogP contribution in [0.4, 0.5) is 11.4 Å². The number of rotatable bonds is 4. The molecule has 2 aromatic carbocycles. The predicted octanol–water partition coefficient (Wildman–Crippen LogP) is 4.82. The molecule has 0 fully saturated rings. The fourth-order valence-electron chi connectivity index (χ4n) is 3.22. The zero-order chi connectivity index (χ0) is 19.8. The van der Waals surface area contributed by atoms with Crippen LogP contribution in [-0.4, -0.2) is 16.8 Å². The van der Waals surface area contributed by atoms with Crippen molar-refractivity contribution in [3.63, 3.8) is 0 Å². The van der Waals surface area contributed by atoms with E-state index in [4.69, 9.17) is 9.40 Å². The third kappa shape index (κ3) is 3.43. The molecule has 142 valence electrons. The van der Waals surface area contributed by atoms with Crippen molar-refractivity contribution in [2.45, 2.75) is 6.42 Å². The molecule has 5 rings (SSSR count). The quantitative estimate of drug-likeness (QED) is 0.514. The number of benzene rings is 2. The first-order chi connectivity index (χ1) is 14.2. The molecule has 2 aromatic heterocycles. The van der Waals surface area contributed by atoms with Crippen molar-refractivity contribution >= 4 is 34.5 Å². The van der Waals surface area contributed by atoms with Gasteiger partial charge in [0.15, 0.2) is 5.76 Å². The van der Waals surface area contributed by atoms with Gasteiger partial charge in [0, 0.05) is 27.9 Å². The molecule has 3 heterocycles. The van der Waals surface area contributed by atoms with Crippen molar-refractivity contribution < 1.29 is 14.0 Å². The van der Waals surface area contributed by atoms with Gasteiger partial charge in [0.1, 0.15) is 5.01 Å². The Morgan fingerprint density at radius 2 is 1.93 bits per heavy atom. The van der Waals surface area contributed by atoms with Gasteiger partial charge in [0.05, 0.1) is 18.4 Å². The van der Waals surface area contributed by atoms with Gasteiger partial charge in [-0.3, -0.25) is 9.59 Å². The lowest BCUT2D eigenvalue weighted by molar-refractivity contribution is -0.115. The van der Waals surface area contributed by atoms with E-state index < -0.39 is 0 Å². The van der Waals surface area contributed by atoms with Crippen molar-refractivity contribution in [2.75, 3.05) is 10.6 Å². The maximum Gasteiger partial charge on any atom is 0.291 e. The molecule has 29 heavy (non-hydrogen) atoms. The predicted molar refractivity (Wildman–Crippen MR) is 112 cm³/mol. The summed E-state index contributed by atoms with van der Waals surface area (Å²) >= 11 is 1.55. The van der Waals surface area contributed by atoms with E-state index in [1.165, 1.54) is 6.26 Å². The van der Waals surface area contributed by atoms with E-state index >= 15 is 0 Å². The molecule has 1 aliphatic rings. The maximum atomic E-state index is 12.1. The Morgan fingerprint density at radius 1 is 1.10 bits per heavy atom. The average Bonchev–Trinajstić information content (AvgIpc) is 3.47. The van der Waals surface area contributed by atoms with E-state index in [1.54, 1.807) is 23.5 Å². The van der Waals surface area contributed by atoms with Crippen molar-refractivity contribution in [1.82, 2.24) is 4.98 Å². The zero-order valence-corrected chi connectivity index (χ0v) is 16.0. The smallest absolute Gasteiger partial charge is 0.291 e. The van der Waals surface area contributed by atoms with Crippen molar-refractivity contribution in [2.24, 2.45) is 0 Å². The number of hydrogen-bond donors (Lipinski definition) is 2. The number of amides is 2. The van der Waals surface area contributed by atoms with Crippen LogP contribution in [-0.2, 0) is 11.2 Å². The minimum Gasteiger partial charge on any atom is -0.459 e. The highest BCUT2D eigenvalue weighted by Crippen LogP contribution is 2.32. The van der Waals surface area contributed by atoms with Crippen LogP contribution in [0, 0.1) is 0 Å². The van der Waals surface area contributed by atoms with Crippen LogP contribution in [0.5, 0.6) is 0 Å². The molecule has 0 saturated carbocycles. The van der Waals surface area contributed by atoms with E-state index in [0.29, 0.717) is 12.1 Å². The fourth-order valence-corrected chi connectivity index (χ4v) is 4.06. The van der Waals surface area contributed by atoms with Crippen LogP contribution in [0.25, 0.3) is 21.8 Å². The number of aromatic nitrogens is 1.